The Bertz CT molecular complexity index is 196. The second-order valence-corrected chi connectivity index (χ2v) is 4.03. The fourth-order valence-corrected chi connectivity index (χ4v) is 2.18. The van der Waals surface area contributed by atoms with Crippen LogP contribution in [0, 0.1) is 5.41 Å². The number of aliphatic hydroxyl groups is 1. The summed E-state index contributed by atoms with van der Waals surface area (Å²) in [4.78, 5) is 2.29. The minimum absolute atomic E-state index is 0.0567. The summed E-state index contributed by atoms with van der Waals surface area (Å²) in [5, 5.41) is 16.2. The molecule has 0 aliphatic carbocycles. The third-order valence-corrected chi connectivity index (χ3v) is 3.07. The summed E-state index contributed by atoms with van der Waals surface area (Å²) in [7, 11) is 0. The highest BCUT2D eigenvalue weighted by Gasteiger charge is 2.28. The molecule has 1 aliphatic heterocycles. The first-order valence-corrected chi connectivity index (χ1v) is 5.37. The number of likely N-dealkylation sites (tertiary alicyclic amines) is 1. The van der Waals surface area contributed by atoms with E-state index in [-0.39, 0.29) is 18.5 Å². The highest BCUT2D eigenvalue weighted by molar-refractivity contribution is 5.82. The molecule has 4 heteroatoms. The molecule has 0 radical (unpaired) electrons. The molecule has 1 aliphatic rings. The van der Waals surface area contributed by atoms with Gasteiger partial charge in [0.2, 0.25) is 0 Å². The fraction of sp³-hybridized carbons (Fsp3) is 0.900. The largest absolute Gasteiger partial charge is 0.396 e. The van der Waals surface area contributed by atoms with Crippen LogP contribution in [0.15, 0.2) is 0 Å². The molecule has 1 rings (SSSR count). The molecule has 0 aromatic carbocycles. The lowest BCUT2D eigenvalue weighted by atomic mass is 10.1. The Balaban J connectivity index is 2.46. The zero-order chi connectivity index (χ0) is 10.6. The lowest BCUT2D eigenvalue weighted by Gasteiger charge is -2.29. The predicted octanol–water partition coefficient (Wildman–Crippen LogP) is 0.548. The van der Waals surface area contributed by atoms with Gasteiger partial charge in [0.1, 0.15) is 5.84 Å². The molecule has 0 saturated carbocycles. The van der Waals surface area contributed by atoms with Crippen LogP contribution in [0.1, 0.15) is 32.6 Å². The summed E-state index contributed by atoms with van der Waals surface area (Å²) < 4.78 is 0. The number of nitrogens with zero attached hydrogens (tertiary/aromatic N) is 1. The van der Waals surface area contributed by atoms with Crippen molar-refractivity contribution < 1.29 is 5.11 Å². The van der Waals surface area contributed by atoms with Crippen molar-refractivity contribution in [3.63, 3.8) is 0 Å². The number of amidine groups is 1. The van der Waals surface area contributed by atoms with E-state index in [0.29, 0.717) is 6.04 Å². The van der Waals surface area contributed by atoms with Gasteiger partial charge < -0.3 is 10.8 Å². The first kappa shape index (κ1) is 11.5. The van der Waals surface area contributed by atoms with Gasteiger partial charge in [-0.25, -0.2) is 0 Å². The van der Waals surface area contributed by atoms with Crippen LogP contribution < -0.4 is 5.73 Å². The van der Waals surface area contributed by atoms with E-state index < -0.39 is 0 Å². The fourth-order valence-electron chi connectivity index (χ4n) is 2.18. The molecule has 0 bridgehead atoms. The molecule has 0 aromatic heterocycles. The Hall–Kier alpha value is -0.610. The Morgan fingerprint density at radius 1 is 1.71 bits per heavy atom. The third kappa shape index (κ3) is 2.69. The van der Waals surface area contributed by atoms with E-state index >= 15 is 0 Å². The highest BCUT2D eigenvalue weighted by Crippen LogP contribution is 2.23. The quantitative estimate of drug-likeness (QED) is 0.447. The van der Waals surface area contributed by atoms with E-state index in [2.05, 4.69) is 4.90 Å². The Kier molecular flexibility index (Phi) is 4.35. The minimum Gasteiger partial charge on any atom is -0.396 e. The van der Waals surface area contributed by atoms with Crippen LogP contribution in [-0.4, -0.2) is 41.1 Å². The molecule has 4 N–H and O–H groups in total. The monoisotopic (exact) mass is 199 g/mol. The summed E-state index contributed by atoms with van der Waals surface area (Å²) in [6.07, 6.45) is 4.24. The second kappa shape index (κ2) is 5.32. The number of hydrogen-bond acceptors (Lipinski definition) is 3. The lowest BCUT2D eigenvalue weighted by Crippen LogP contribution is -2.44. The molecule has 4 nitrogen and oxygen atoms in total. The topological polar surface area (TPSA) is 73.3 Å². The van der Waals surface area contributed by atoms with E-state index in [9.17, 15) is 0 Å². The average molecular weight is 199 g/mol. The molecule has 0 aromatic rings. The van der Waals surface area contributed by atoms with E-state index in [4.69, 9.17) is 16.2 Å². The Labute approximate surface area is 85.6 Å². The highest BCUT2D eigenvalue weighted by atomic mass is 16.2. The van der Waals surface area contributed by atoms with Crippen molar-refractivity contribution in [1.29, 1.82) is 5.41 Å². The molecule has 1 heterocycles. The Morgan fingerprint density at radius 3 is 3.00 bits per heavy atom. The first-order chi connectivity index (χ1) is 6.66. The molecular weight excluding hydrogens is 178 g/mol. The summed E-state index contributed by atoms with van der Waals surface area (Å²) in [6, 6.07) is 0.572. The van der Waals surface area contributed by atoms with Crippen molar-refractivity contribution in [3.8, 4) is 0 Å². The van der Waals surface area contributed by atoms with Crippen LogP contribution in [0.5, 0.6) is 0 Å². The van der Waals surface area contributed by atoms with E-state index in [1.54, 1.807) is 0 Å². The van der Waals surface area contributed by atoms with Crippen LogP contribution in [0.4, 0.5) is 0 Å². The van der Waals surface area contributed by atoms with Gasteiger partial charge in [-0.1, -0.05) is 0 Å². The summed E-state index contributed by atoms with van der Waals surface area (Å²) in [6.45, 7) is 3.29. The van der Waals surface area contributed by atoms with Gasteiger partial charge in [0, 0.05) is 12.6 Å². The van der Waals surface area contributed by atoms with Gasteiger partial charge >= 0.3 is 0 Å². The number of hydrogen-bond donors (Lipinski definition) is 3. The van der Waals surface area contributed by atoms with Gasteiger partial charge in [0.15, 0.2) is 0 Å². The van der Waals surface area contributed by atoms with Crippen LogP contribution in [0.3, 0.4) is 0 Å². The maximum Gasteiger partial charge on any atom is 0.108 e. The smallest absolute Gasteiger partial charge is 0.108 e. The lowest BCUT2D eigenvalue weighted by molar-refractivity contribution is 0.201. The maximum absolute atomic E-state index is 8.78. The van der Waals surface area contributed by atoms with Crippen LogP contribution >= 0.6 is 0 Å². The molecule has 2 unspecified atom stereocenters. The average Bonchev–Trinajstić information content (AvgIpc) is 2.61. The van der Waals surface area contributed by atoms with E-state index in [1.807, 2.05) is 6.92 Å². The summed E-state index contributed by atoms with van der Waals surface area (Å²) in [5.74, 6) is 0.251. The molecule has 14 heavy (non-hydrogen) atoms. The van der Waals surface area contributed by atoms with Crippen molar-refractivity contribution in [2.24, 2.45) is 5.73 Å². The number of nitrogens with two attached hydrogens (primary N) is 1. The van der Waals surface area contributed by atoms with Gasteiger partial charge in [-0.3, -0.25) is 10.3 Å². The van der Waals surface area contributed by atoms with Crippen molar-refractivity contribution in [3.05, 3.63) is 0 Å². The maximum atomic E-state index is 8.78. The molecule has 0 spiro atoms. The van der Waals surface area contributed by atoms with Crippen molar-refractivity contribution in [2.45, 2.75) is 44.7 Å². The molecule has 1 saturated heterocycles. The van der Waals surface area contributed by atoms with Gasteiger partial charge in [-0.2, -0.15) is 0 Å². The van der Waals surface area contributed by atoms with Crippen LogP contribution in [0.2, 0.25) is 0 Å². The van der Waals surface area contributed by atoms with Crippen molar-refractivity contribution in [2.75, 3.05) is 13.2 Å². The van der Waals surface area contributed by atoms with Gasteiger partial charge in [-0.15, -0.1) is 0 Å². The van der Waals surface area contributed by atoms with Crippen molar-refractivity contribution >= 4 is 5.84 Å². The van der Waals surface area contributed by atoms with E-state index in [0.717, 1.165) is 19.4 Å². The van der Waals surface area contributed by atoms with E-state index in [1.165, 1.54) is 12.8 Å². The molecular formula is C10H21N3O. The molecule has 2 atom stereocenters. The van der Waals surface area contributed by atoms with Crippen LogP contribution in [-0.2, 0) is 0 Å². The first-order valence-electron chi connectivity index (χ1n) is 5.37. The normalized spacial score (nSPS) is 25.1. The molecule has 82 valence electrons. The second-order valence-electron chi connectivity index (χ2n) is 4.03. The molecule has 1 fully saturated rings. The zero-order valence-corrected chi connectivity index (χ0v) is 8.87. The predicted molar refractivity (Wildman–Crippen MR) is 57.4 cm³/mol. The third-order valence-electron chi connectivity index (χ3n) is 3.07. The SMILES string of the molecule is CC(C(=N)N)N1CCCC1CCCO. The van der Waals surface area contributed by atoms with Gasteiger partial charge in [0.05, 0.1) is 6.04 Å². The minimum atomic E-state index is 0.0567. The molecule has 0 amide bonds. The summed E-state index contributed by atoms with van der Waals surface area (Å²) >= 11 is 0. The zero-order valence-electron chi connectivity index (χ0n) is 8.87. The number of nitrogens with one attached hydrogen (secondary N) is 1. The summed E-state index contributed by atoms with van der Waals surface area (Å²) in [5.41, 5.74) is 5.50. The van der Waals surface area contributed by atoms with Crippen molar-refractivity contribution in [1.82, 2.24) is 4.90 Å². The van der Waals surface area contributed by atoms with Gasteiger partial charge in [-0.05, 0) is 39.2 Å². The van der Waals surface area contributed by atoms with Crippen LogP contribution in [0.25, 0.3) is 0 Å². The number of rotatable bonds is 5. The standard InChI is InChI=1S/C10H21N3O/c1-8(10(11)12)13-6-2-4-9(13)5-3-7-14/h8-9,14H,2-7H2,1H3,(H3,11,12). The Morgan fingerprint density at radius 2 is 2.43 bits per heavy atom. The number of aliphatic hydroxyl groups excluding tert-OH is 1. The van der Waals surface area contributed by atoms with Gasteiger partial charge in [0.25, 0.3) is 0 Å².